The molecule has 8 heteroatoms. The molecule has 3 aliphatic rings. The zero-order valence-electron chi connectivity index (χ0n) is 21.0. The number of urea groups is 1. The predicted octanol–water partition coefficient (Wildman–Crippen LogP) is 4.33. The van der Waals surface area contributed by atoms with E-state index in [9.17, 15) is 9.59 Å². The molecule has 1 aliphatic carbocycles. The van der Waals surface area contributed by atoms with E-state index >= 15 is 0 Å². The number of rotatable bonds is 8. The highest BCUT2D eigenvalue weighted by molar-refractivity contribution is 6.31. The van der Waals surface area contributed by atoms with Gasteiger partial charge in [0, 0.05) is 42.3 Å². The van der Waals surface area contributed by atoms with Gasteiger partial charge in [-0.15, -0.1) is 0 Å². The molecule has 3 fully saturated rings. The SMILES string of the molecule is CCn1nc(C)c(CN2CCC(C3(Cc4ccccc4Cl)NC(=O)N(CC4CC4)C3=O)CC2)c1C. The Morgan fingerprint density at radius 1 is 1.11 bits per heavy atom. The number of hydrogen-bond acceptors (Lipinski definition) is 4. The molecular formula is C27H36ClN5O2. The fraction of sp³-hybridized carbons (Fsp3) is 0.593. The number of carbonyl (C=O) groups is 2. The van der Waals surface area contributed by atoms with Crippen molar-refractivity contribution in [2.45, 2.75) is 71.5 Å². The largest absolute Gasteiger partial charge is 0.325 e. The molecular weight excluding hydrogens is 462 g/mol. The Morgan fingerprint density at radius 2 is 1.83 bits per heavy atom. The second kappa shape index (κ2) is 9.58. The summed E-state index contributed by atoms with van der Waals surface area (Å²) in [5.74, 6) is 0.457. The number of nitrogens with zero attached hydrogens (tertiary/aromatic N) is 4. The quantitative estimate of drug-likeness (QED) is 0.551. The lowest BCUT2D eigenvalue weighted by atomic mass is 9.73. The number of aryl methyl sites for hydroxylation is 2. The predicted molar refractivity (Wildman–Crippen MR) is 136 cm³/mol. The molecule has 188 valence electrons. The number of likely N-dealkylation sites (tertiary alicyclic amines) is 1. The molecule has 5 rings (SSSR count). The van der Waals surface area contributed by atoms with Crippen molar-refractivity contribution in [3.63, 3.8) is 0 Å². The zero-order chi connectivity index (χ0) is 24.7. The van der Waals surface area contributed by atoms with Gasteiger partial charge in [-0.3, -0.25) is 19.3 Å². The number of amides is 3. The average molecular weight is 498 g/mol. The van der Waals surface area contributed by atoms with Crippen LogP contribution in [0.2, 0.25) is 5.02 Å². The molecule has 2 aliphatic heterocycles. The van der Waals surface area contributed by atoms with Crippen molar-refractivity contribution in [1.82, 2.24) is 24.9 Å². The highest BCUT2D eigenvalue weighted by Gasteiger charge is 2.56. The number of halogens is 1. The molecule has 35 heavy (non-hydrogen) atoms. The summed E-state index contributed by atoms with van der Waals surface area (Å²) in [5, 5.41) is 8.50. The highest BCUT2D eigenvalue weighted by atomic mass is 35.5. The van der Waals surface area contributed by atoms with Crippen LogP contribution in [-0.4, -0.2) is 56.7 Å². The normalized spacial score (nSPS) is 23.8. The van der Waals surface area contributed by atoms with Gasteiger partial charge in [0.05, 0.1) is 5.69 Å². The second-order valence-corrected chi connectivity index (χ2v) is 11.0. The van der Waals surface area contributed by atoms with Crippen LogP contribution in [0.25, 0.3) is 0 Å². The van der Waals surface area contributed by atoms with E-state index in [1.165, 1.54) is 16.2 Å². The summed E-state index contributed by atoms with van der Waals surface area (Å²) in [7, 11) is 0. The van der Waals surface area contributed by atoms with E-state index in [-0.39, 0.29) is 17.9 Å². The molecule has 7 nitrogen and oxygen atoms in total. The molecule has 3 heterocycles. The Morgan fingerprint density at radius 3 is 2.46 bits per heavy atom. The van der Waals surface area contributed by atoms with Crippen LogP contribution >= 0.6 is 11.6 Å². The minimum absolute atomic E-state index is 0.0660. The van der Waals surface area contributed by atoms with Gasteiger partial charge in [-0.25, -0.2) is 4.79 Å². The van der Waals surface area contributed by atoms with Gasteiger partial charge in [0.1, 0.15) is 5.54 Å². The third-order valence-corrected chi connectivity index (χ3v) is 8.63. The lowest BCUT2D eigenvalue weighted by molar-refractivity contribution is -0.134. The van der Waals surface area contributed by atoms with Crippen molar-refractivity contribution in [2.24, 2.45) is 11.8 Å². The number of carbonyl (C=O) groups excluding carboxylic acids is 2. The Bertz CT molecular complexity index is 1120. The summed E-state index contributed by atoms with van der Waals surface area (Å²) in [4.78, 5) is 30.9. The number of hydrogen-bond donors (Lipinski definition) is 1. The maximum Gasteiger partial charge on any atom is 0.325 e. The molecule has 1 aromatic carbocycles. The van der Waals surface area contributed by atoms with E-state index < -0.39 is 5.54 Å². The van der Waals surface area contributed by atoms with Crippen LogP contribution in [0.4, 0.5) is 4.79 Å². The fourth-order valence-corrected chi connectivity index (χ4v) is 6.13. The van der Waals surface area contributed by atoms with Crippen LogP contribution in [0, 0.1) is 25.7 Å². The van der Waals surface area contributed by atoms with Gasteiger partial charge < -0.3 is 5.32 Å². The molecule has 1 aromatic heterocycles. The first-order valence-electron chi connectivity index (χ1n) is 12.9. The van der Waals surface area contributed by atoms with Crippen molar-refractivity contribution in [1.29, 1.82) is 0 Å². The average Bonchev–Trinajstić information content (AvgIpc) is 3.59. The molecule has 1 N–H and O–H groups in total. The fourth-order valence-electron chi connectivity index (χ4n) is 5.93. The zero-order valence-corrected chi connectivity index (χ0v) is 21.8. The summed E-state index contributed by atoms with van der Waals surface area (Å²) in [6.45, 7) is 10.4. The third kappa shape index (κ3) is 4.60. The third-order valence-electron chi connectivity index (χ3n) is 8.26. The second-order valence-electron chi connectivity index (χ2n) is 10.5. The van der Waals surface area contributed by atoms with Crippen LogP contribution in [0.3, 0.4) is 0 Å². The Balaban J connectivity index is 1.35. The van der Waals surface area contributed by atoms with Crippen molar-refractivity contribution < 1.29 is 9.59 Å². The molecule has 1 unspecified atom stereocenters. The van der Waals surface area contributed by atoms with Gasteiger partial charge in [0.2, 0.25) is 0 Å². The van der Waals surface area contributed by atoms with Crippen LogP contribution < -0.4 is 5.32 Å². The molecule has 1 saturated carbocycles. The first-order valence-corrected chi connectivity index (χ1v) is 13.3. The van der Waals surface area contributed by atoms with Crippen molar-refractivity contribution in [3.8, 4) is 0 Å². The number of benzene rings is 1. The molecule has 3 amide bonds. The summed E-state index contributed by atoms with van der Waals surface area (Å²) >= 11 is 6.52. The summed E-state index contributed by atoms with van der Waals surface area (Å²) < 4.78 is 2.07. The van der Waals surface area contributed by atoms with E-state index in [1.807, 2.05) is 24.3 Å². The van der Waals surface area contributed by atoms with Crippen molar-refractivity contribution >= 4 is 23.5 Å². The number of imide groups is 1. The summed E-state index contributed by atoms with van der Waals surface area (Å²) in [5.41, 5.74) is 3.61. The van der Waals surface area contributed by atoms with Gasteiger partial charge in [0.15, 0.2) is 0 Å². The van der Waals surface area contributed by atoms with Gasteiger partial charge in [0.25, 0.3) is 5.91 Å². The maximum absolute atomic E-state index is 13.9. The number of nitrogens with one attached hydrogen (secondary N) is 1. The van der Waals surface area contributed by atoms with Gasteiger partial charge >= 0.3 is 6.03 Å². The number of piperidine rings is 1. The van der Waals surface area contributed by atoms with Crippen LogP contribution in [-0.2, 0) is 24.3 Å². The van der Waals surface area contributed by atoms with E-state index in [0.29, 0.717) is 23.9 Å². The molecule has 2 aromatic rings. The minimum atomic E-state index is -0.929. The lowest BCUT2D eigenvalue weighted by Crippen LogP contribution is -2.57. The standard InChI is InChI=1S/C27H36ClN5O2/c1-4-33-19(3)23(18(2)30-33)17-31-13-11-22(12-14-31)27(15-21-7-5-6-8-24(21)28)25(34)32(26(35)29-27)16-20-9-10-20/h5-8,20,22H,4,9-17H2,1-3H3,(H,29,35). The minimum Gasteiger partial charge on any atom is -0.322 e. The van der Waals surface area contributed by atoms with Crippen LogP contribution in [0.1, 0.15) is 55.1 Å². The van der Waals surface area contributed by atoms with Crippen LogP contribution in [0.15, 0.2) is 24.3 Å². The number of aromatic nitrogens is 2. The van der Waals surface area contributed by atoms with E-state index in [2.05, 4.69) is 40.8 Å². The molecule has 2 saturated heterocycles. The summed E-state index contributed by atoms with van der Waals surface area (Å²) in [6.07, 6.45) is 4.34. The molecule has 0 bridgehead atoms. The van der Waals surface area contributed by atoms with Crippen LogP contribution in [0.5, 0.6) is 0 Å². The van der Waals surface area contributed by atoms with Gasteiger partial charge in [-0.2, -0.15) is 5.10 Å². The molecule has 0 radical (unpaired) electrons. The van der Waals surface area contributed by atoms with Gasteiger partial charge in [-0.1, -0.05) is 29.8 Å². The van der Waals surface area contributed by atoms with Crippen molar-refractivity contribution in [3.05, 3.63) is 51.8 Å². The Labute approximate surface area is 212 Å². The van der Waals surface area contributed by atoms with Gasteiger partial charge in [-0.05, 0) is 83.0 Å². The molecule has 1 atom stereocenters. The smallest absolute Gasteiger partial charge is 0.322 e. The first-order chi connectivity index (χ1) is 16.8. The van der Waals surface area contributed by atoms with E-state index in [1.54, 1.807) is 0 Å². The highest BCUT2D eigenvalue weighted by Crippen LogP contribution is 2.40. The lowest BCUT2D eigenvalue weighted by Gasteiger charge is -2.41. The van der Waals surface area contributed by atoms with E-state index in [0.717, 1.165) is 63.1 Å². The Kier molecular flexibility index (Phi) is 6.66. The first kappa shape index (κ1) is 24.3. The monoisotopic (exact) mass is 497 g/mol. The maximum atomic E-state index is 13.9. The summed E-state index contributed by atoms with van der Waals surface area (Å²) in [6, 6.07) is 7.43. The topological polar surface area (TPSA) is 70.5 Å². The Hall–Kier alpha value is -2.38. The molecule has 0 spiro atoms. The van der Waals surface area contributed by atoms with Crippen molar-refractivity contribution in [2.75, 3.05) is 19.6 Å². The van der Waals surface area contributed by atoms with E-state index in [4.69, 9.17) is 11.6 Å².